The monoisotopic (exact) mass is 385 g/mol. The van der Waals surface area contributed by atoms with Crippen LogP contribution in [0, 0.1) is 0 Å². The molecule has 6 nitrogen and oxygen atoms in total. The average molecular weight is 385 g/mol. The van der Waals surface area contributed by atoms with Crippen LogP contribution in [0.4, 0.5) is 18.9 Å². The number of alkyl halides is 3. The van der Waals surface area contributed by atoms with Crippen LogP contribution in [0.1, 0.15) is 36.8 Å². The van der Waals surface area contributed by atoms with Gasteiger partial charge in [0, 0.05) is 29.4 Å². The van der Waals surface area contributed by atoms with Gasteiger partial charge in [0.1, 0.15) is 11.8 Å². The van der Waals surface area contributed by atoms with E-state index in [2.05, 4.69) is 10.4 Å². The first-order chi connectivity index (χ1) is 12.6. The van der Waals surface area contributed by atoms with E-state index in [1.54, 1.807) is 10.7 Å². The number of aromatic nitrogens is 2. The molecule has 0 aliphatic heterocycles. The van der Waals surface area contributed by atoms with Crippen molar-refractivity contribution in [2.75, 3.05) is 12.4 Å². The van der Waals surface area contributed by atoms with Gasteiger partial charge in [0.05, 0.1) is 12.8 Å². The Balaban J connectivity index is 2.55. The zero-order valence-corrected chi connectivity index (χ0v) is 15.5. The molecule has 2 N–H and O–H groups in total. The largest absolute Gasteiger partial charge is 0.496 e. The molecule has 0 aliphatic carbocycles. The van der Waals surface area contributed by atoms with Crippen LogP contribution in [-0.2, 0) is 13.0 Å². The number of anilines is 1. The van der Waals surface area contributed by atoms with E-state index in [1.165, 1.54) is 19.2 Å². The summed E-state index contributed by atoms with van der Waals surface area (Å²) in [5.41, 5.74) is 1.92. The number of aromatic carboxylic acids is 1. The van der Waals surface area contributed by atoms with Gasteiger partial charge in [-0.3, -0.25) is 4.68 Å². The Morgan fingerprint density at radius 3 is 2.52 bits per heavy atom. The fraction of sp³-hybridized carbons (Fsp3) is 0.444. The lowest BCUT2D eigenvalue weighted by Gasteiger charge is -2.20. The third kappa shape index (κ3) is 4.17. The molecule has 27 heavy (non-hydrogen) atoms. The minimum atomic E-state index is -4.38. The van der Waals surface area contributed by atoms with E-state index >= 15 is 0 Å². The topological polar surface area (TPSA) is 76.4 Å². The number of nitrogens with zero attached hydrogens (tertiary/aromatic N) is 2. The predicted octanol–water partition coefficient (Wildman–Crippen LogP) is 4.20. The van der Waals surface area contributed by atoms with Crippen molar-refractivity contribution in [3.63, 3.8) is 0 Å². The molecule has 2 aromatic rings. The Kier molecular flexibility index (Phi) is 6.02. The summed E-state index contributed by atoms with van der Waals surface area (Å²) in [6.07, 6.45) is -3.94. The number of nitrogens with one attached hydrogen (secondary N) is 1. The highest BCUT2D eigenvalue weighted by Gasteiger charge is 2.36. The van der Waals surface area contributed by atoms with Crippen molar-refractivity contribution >= 4 is 11.7 Å². The zero-order valence-electron chi connectivity index (χ0n) is 15.5. The van der Waals surface area contributed by atoms with E-state index < -0.39 is 18.2 Å². The number of rotatable bonds is 7. The number of carboxylic acid groups (broad SMARTS) is 1. The first-order valence-corrected chi connectivity index (χ1v) is 8.48. The highest BCUT2D eigenvalue weighted by Crippen LogP contribution is 2.37. The van der Waals surface area contributed by atoms with Crippen molar-refractivity contribution in [1.82, 2.24) is 9.78 Å². The maximum atomic E-state index is 12.8. The summed E-state index contributed by atoms with van der Waals surface area (Å²) in [4.78, 5) is 11.5. The maximum Gasteiger partial charge on any atom is 0.408 e. The zero-order chi connectivity index (χ0) is 20.4. The molecule has 0 amide bonds. The molecule has 0 bridgehead atoms. The summed E-state index contributed by atoms with van der Waals surface area (Å²) >= 11 is 0. The standard InChI is InChI=1S/C18H22F3N3O3/c1-5-12-15(17(25)26)23-24(6-2)16(12)13-8-7-11(9-14(13)27-4)22-10(3)18(19,20)21/h7-10,22H,5-6H2,1-4H3,(H,25,26)/t10-/m1/s1. The number of aryl methyl sites for hydroxylation is 1. The van der Waals surface area contributed by atoms with Crippen molar-refractivity contribution in [1.29, 1.82) is 0 Å². The number of benzene rings is 1. The predicted molar refractivity (Wildman–Crippen MR) is 95.4 cm³/mol. The number of methoxy groups -OCH3 is 1. The lowest BCUT2D eigenvalue weighted by molar-refractivity contribution is -0.138. The molecular formula is C18H22F3N3O3. The average Bonchev–Trinajstić information content (AvgIpc) is 2.99. The molecular weight excluding hydrogens is 363 g/mol. The molecule has 1 aromatic heterocycles. The summed E-state index contributed by atoms with van der Waals surface area (Å²) in [6, 6.07) is 2.86. The van der Waals surface area contributed by atoms with Crippen molar-refractivity contribution in [2.45, 2.75) is 46.0 Å². The van der Waals surface area contributed by atoms with Crippen molar-refractivity contribution in [3.8, 4) is 17.0 Å². The van der Waals surface area contributed by atoms with Crippen LogP contribution in [0.3, 0.4) is 0 Å². The van der Waals surface area contributed by atoms with Crippen LogP contribution < -0.4 is 10.1 Å². The fourth-order valence-electron chi connectivity index (χ4n) is 2.84. The van der Waals surface area contributed by atoms with Gasteiger partial charge >= 0.3 is 12.1 Å². The SMILES string of the molecule is CCc1c(C(=O)O)nn(CC)c1-c1ccc(N[C@H](C)C(F)(F)F)cc1OC. The van der Waals surface area contributed by atoms with Crippen LogP contribution in [0.25, 0.3) is 11.3 Å². The second kappa shape index (κ2) is 7.89. The Hall–Kier alpha value is -2.71. The summed E-state index contributed by atoms with van der Waals surface area (Å²) in [5.74, 6) is -0.799. The normalized spacial score (nSPS) is 12.7. The number of hydrogen-bond acceptors (Lipinski definition) is 4. The Labute approximate surface area is 154 Å². The van der Waals surface area contributed by atoms with Gasteiger partial charge in [-0.05, 0) is 32.4 Å². The van der Waals surface area contributed by atoms with Crippen LogP contribution in [0.2, 0.25) is 0 Å². The molecule has 0 aliphatic rings. The molecule has 0 spiro atoms. The highest BCUT2D eigenvalue weighted by atomic mass is 19.4. The molecule has 0 unspecified atom stereocenters. The van der Waals surface area contributed by atoms with E-state index in [4.69, 9.17) is 4.74 Å². The number of carbonyl (C=O) groups is 1. The molecule has 0 saturated carbocycles. The summed E-state index contributed by atoms with van der Waals surface area (Å²) in [5, 5.41) is 15.9. The number of carboxylic acids is 1. The molecule has 1 heterocycles. The van der Waals surface area contributed by atoms with Gasteiger partial charge in [0.25, 0.3) is 0 Å². The first-order valence-electron chi connectivity index (χ1n) is 8.48. The van der Waals surface area contributed by atoms with Crippen LogP contribution in [0.5, 0.6) is 5.75 Å². The minimum Gasteiger partial charge on any atom is -0.496 e. The van der Waals surface area contributed by atoms with E-state index in [9.17, 15) is 23.1 Å². The Bertz CT molecular complexity index is 831. The Morgan fingerprint density at radius 1 is 1.37 bits per heavy atom. The van der Waals surface area contributed by atoms with E-state index in [0.717, 1.165) is 6.92 Å². The van der Waals surface area contributed by atoms with E-state index in [-0.39, 0.29) is 11.4 Å². The van der Waals surface area contributed by atoms with E-state index in [0.29, 0.717) is 35.5 Å². The van der Waals surface area contributed by atoms with Gasteiger partial charge in [0.2, 0.25) is 0 Å². The lowest BCUT2D eigenvalue weighted by Crippen LogP contribution is -2.33. The van der Waals surface area contributed by atoms with Crippen LogP contribution in [0.15, 0.2) is 18.2 Å². The van der Waals surface area contributed by atoms with Gasteiger partial charge < -0.3 is 15.2 Å². The van der Waals surface area contributed by atoms with Crippen molar-refractivity contribution < 1.29 is 27.8 Å². The second-order valence-electron chi connectivity index (χ2n) is 5.97. The fourth-order valence-corrected chi connectivity index (χ4v) is 2.84. The summed E-state index contributed by atoms with van der Waals surface area (Å²) < 4.78 is 45.3. The molecule has 0 radical (unpaired) electrons. The van der Waals surface area contributed by atoms with Crippen molar-refractivity contribution in [2.24, 2.45) is 0 Å². The van der Waals surface area contributed by atoms with Gasteiger partial charge in [0.15, 0.2) is 5.69 Å². The van der Waals surface area contributed by atoms with Gasteiger partial charge in [-0.25, -0.2) is 4.79 Å². The Morgan fingerprint density at radius 2 is 2.04 bits per heavy atom. The molecule has 148 valence electrons. The highest BCUT2D eigenvalue weighted by molar-refractivity contribution is 5.90. The quantitative estimate of drug-likeness (QED) is 0.747. The van der Waals surface area contributed by atoms with Gasteiger partial charge in [-0.1, -0.05) is 6.92 Å². The third-order valence-electron chi connectivity index (χ3n) is 4.24. The smallest absolute Gasteiger partial charge is 0.408 e. The van der Waals surface area contributed by atoms with Crippen molar-refractivity contribution in [3.05, 3.63) is 29.5 Å². The lowest BCUT2D eigenvalue weighted by atomic mass is 10.0. The third-order valence-corrected chi connectivity index (χ3v) is 4.24. The molecule has 0 saturated heterocycles. The number of hydrogen-bond donors (Lipinski definition) is 2. The number of halogens is 3. The molecule has 9 heteroatoms. The molecule has 1 aromatic carbocycles. The maximum absolute atomic E-state index is 12.8. The summed E-state index contributed by atoms with van der Waals surface area (Å²) in [7, 11) is 1.41. The van der Waals surface area contributed by atoms with Gasteiger partial charge in [-0.2, -0.15) is 18.3 Å². The van der Waals surface area contributed by atoms with Gasteiger partial charge in [-0.15, -0.1) is 0 Å². The molecule has 1 atom stereocenters. The van der Waals surface area contributed by atoms with Crippen LogP contribution in [-0.4, -0.2) is 40.2 Å². The summed E-state index contributed by atoms with van der Waals surface area (Å²) in [6.45, 7) is 5.11. The molecule has 2 rings (SSSR count). The van der Waals surface area contributed by atoms with E-state index in [1.807, 2.05) is 13.8 Å². The second-order valence-corrected chi connectivity index (χ2v) is 5.97. The molecule has 0 fully saturated rings. The first kappa shape index (κ1) is 20.6. The minimum absolute atomic E-state index is 0.0377. The van der Waals surface area contributed by atoms with Crippen LogP contribution >= 0.6 is 0 Å². The number of ether oxygens (including phenoxy) is 1.